The summed E-state index contributed by atoms with van der Waals surface area (Å²) in [5, 5.41) is 15.9. The normalized spacial score (nSPS) is 14.3. The maximum absolute atomic E-state index is 12.9. The Morgan fingerprint density at radius 1 is 1.09 bits per heavy atom. The van der Waals surface area contributed by atoms with E-state index < -0.39 is 18.0 Å². The van der Waals surface area contributed by atoms with Crippen molar-refractivity contribution in [2.24, 2.45) is 7.05 Å². The highest BCUT2D eigenvalue weighted by atomic mass is 16.5. The van der Waals surface area contributed by atoms with E-state index in [0.29, 0.717) is 0 Å². The number of carbonyl (C=O) groups is 3. The summed E-state index contributed by atoms with van der Waals surface area (Å²) in [6.45, 7) is -0.212. The van der Waals surface area contributed by atoms with Crippen LogP contribution in [0, 0.1) is 0 Å². The van der Waals surface area contributed by atoms with Gasteiger partial charge < -0.3 is 14.7 Å². The maximum atomic E-state index is 12.9. The fraction of sp³-hybridized carbons (Fsp3) is 0.280. The number of aliphatic carboxylic acids is 1. The Balaban J connectivity index is 1.26. The SMILES string of the molecule is Cn1nc(NC(=O)OCC2c3ccccc3-c3ccccc32)cc1C(=O)N(CC(=O)O)C1CC1. The number of carboxylic acid groups (broad SMARTS) is 1. The number of hydrogen-bond donors (Lipinski definition) is 2. The fourth-order valence-corrected chi connectivity index (χ4v) is 4.51. The molecule has 34 heavy (non-hydrogen) atoms. The first-order valence-corrected chi connectivity index (χ1v) is 11.1. The molecule has 9 heteroatoms. The minimum Gasteiger partial charge on any atom is -0.480 e. The fourth-order valence-electron chi connectivity index (χ4n) is 4.51. The van der Waals surface area contributed by atoms with Gasteiger partial charge in [-0.05, 0) is 35.1 Å². The van der Waals surface area contributed by atoms with Gasteiger partial charge in [0.2, 0.25) is 0 Å². The molecule has 0 saturated heterocycles. The average molecular weight is 460 g/mol. The van der Waals surface area contributed by atoms with Crippen LogP contribution in [-0.2, 0) is 16.6 Å². The molecule has 1 heterocycles. The van der Waals surface area contributed by atoms with Crippen molar-refractivity contribution in [3.8, 4) is 11.1 Å². The van der Waals surface area contributed by atoms with Crippen molar-refractivity contribution in [3.63, 3.8) is 0 Å². The van der Waals surface area contributed by atoms with E-state index in [4.69, 9.17) is 9.84 Å². The number of amides is 2. The summed E-state index contributed by atoms with van der Waals surface area (Å²) < 4.78 is 6.86. The quantitative estimate of drug-likeness (QED) is 0.558. The standard InChI is InChI=1S/C25H24N4O5/c1-28-21(24(32)29(13-23(30)31)15-10-11-15)12-22(27-28)26-25(33)34-14-20-18-8-4-2-6-16(18)17-7-3-5-9-19(17)20/h2-9,12,15,20H,10-11,13-14H2,1H3,(H,30,31)(H,26,27,33). The van der Waals surface area contributed by atoms with Crippen LogP contribution in [0.1, 0.15) is 40.4 Å². The first-order valence-electron chi connectivity index (χ1n) is 11.1. The van der Waals surface area contributed by atoms with Crippen LogP contribution in [0.15, 0.2) is 54.6 Å². The van der Waals surface area contributed by atoms with E-state index >= 15 is 0 Å². The summed E-state index contributed by atoms with van der Waals surface area (Å²) in [6.07, 6.45) is 0.882. The minimum absolute atomic E-state index is 0.0675. The number of nitrogens with one attached hydrogen (secondary N) is 1. The van der Waals surface area contributed by atoms with Crippen LogP contribution in [0.2, 0.25) is 0 Å². The van der Waals surface area contributed by atoms with Crippen molar-refractivity contribution in [2.75, 3.05) is 18.5 Å². The van der Waals surface area contributed by atoms with E-state index in [1.165, 1.54) is 15.6 Å². The summed E-state index contributed by atoms with van der Waals surface area (Å²) in [4.78, 5) is 37.9. The first-order chi connectivity index (χ1) is 16.4. The van der Waals surface area contributed by atoms with Gasteiger partial charge in [-0.1, -0.05) is 48.5 Å². The molecule has 5 rings (SSSR count). The molecule has 0 spiro atoms. The smallest absolute Gasteiger partial charge is 0.412 e. The number of carbonyl (C=O) groups excluding carboxylic acids is 2. The number of rotatable bonds is 7. The van der Waals surface area contributed by atoms with Crippen molar-refractivity contribution >= 4 is 23.8 Å². The molecule has 2 aromatic carbocycles. The third-order valence-corrected chi connectivity index (χ3v) is 6.23. The van der Waals surface area contributed by atoms with E-state index in [1.54, 1.807) is 7.05 Å². The maximum Gasteiger partial charge on any atom is 0.412 e. The molecule has 2 aliphatic rings. The second-order valence-corrected chi connectivity index (χ2v) is 8.55. The van der Waals surface area contributed by atoms with Gasteiger partial charge in [-0.15, -0.1) is 0 Å². The van der Waals surface area contributed by atoms with Crippen LogP contribution in [0.25, 0.3) is 11.1 Å². The Morgan fingerprint density at radius 2 is 1.71 bits per heavy atom. The summed E-state index contributed by atoms with van der Waals surface area (Å²) in [6, 6.07) is 17.5. The van der Waals surface area contributed by atoms with Gasteiger partial charge in [0.05, 0.1) is 0 Å². The molecule has 1 aromatic heterocycles. The Bertz CT molecular complexity index is 1230. The lowest BCUT2D eigenvalue weighted by Gasteiger charge is -2.19. The van der Waals surface area contributed by atoms with Gasteiger partial charge in [0.1, 0.15) is 18.8 Å². The molecule has 2 aliphatic carbocycles. The Hall–Kier alpha value is -4.14. The molecular weight excluding hydrogens is 436 g/mol. The van der Waals surface area contributed by atoms with Crippen LogP contribution in [0.3, 0.4) is 0 Å². The number of anilines is 1. The van der Waals surface area contributed by atoms with Gasteiger partial charge in [0.25, 0.3) is 5.91 Å². The molecule has 174 valence electrons. The predicted molar refractivity (Wildman–Crippen MR) is 124 cm³/mol. The highest BCUT2D eigenvalue weighted by Gasteiger charge is 2.36. The zero-order valence-electron chi connectivity index (χ0n) is 18.6. The Morgan fingerprint density at radius 3 is 2.29 bits per heavy atom. The van der Waals surface area contributed by atoms with Crippen LogP contribution in [0.4, 0.5) is 10.6 Å². The molecule has 2 amide bonds. The van der Waals surface area contributed by atoms with E-state index in [-0.39, 0.29) is 36.6 Å². The van der Waals surface area contributed by atoms with E-state index in [0.717, 1.165) is 35.1 Å². The van der Waals surface area contributed by atoms with Crippen molar-refractivity contribution in [1.29, 1.82) is 0 Å². The average Bonchev–Trinajstić information content (AvgIpc) is 3.53. The Labute approximate surface area is 195 Å². The topological polar surface area (TPSA) is 114 Å². The lowest BCUT2D eigenvalue weighted by atomic mass is 9.98. The molecule has 0 unspecified atom stereocenters. The molecule has 0 atom stereocenters. The van der Waals surface area contributed by atoms with Crippen LogP contribution in [0.5, 0.6) is 0 Å². The second-order valence-electron chi connectivity index (χ2n) is 8.55. The molecule has 2 N–H and O–H groups in total. The monoisotopic (exact) mass is 460 g/mol. The third kappa shape index (κ3) is 4.12. The summed E-state index contributed by atoms with van der Waals surface area (Å²) in [5.74, 6) is -1.41. The molecule has 9 nitrogen and oxygen atoms in total. The number of carboxylic acids is 1. The van der Waals surface area contributed by atoms with Gasteiger partial charge in [0, 0.05) is 25.1 Å². The van der Waals surface area contributed by atoms with E-state index in [1.807, 2.05) is 36.4 Å². The van der Waals surface area contributed by atoms with Crippen molar-refractivity contribution in [2.45, 2.75) is 24.8 Å². The molecular formula is C25H24N4O5. The molecule has 3 aromatic rings. The lowest BCUT2D eigenvalue weighted by molar-refractivity contribution is -0.137. The van der Waals surface area contributed by atoms with Crippen molar-refractivity contribution in [3.05, 3.63) is 71.4 Å². The molecule has 0 radical (unpaired) electrons. The number of hydrogen-bond acceptors (Lipinski definition) is 5. The van der Waals surface area contributed by atoms with Gasteiger partial charge in [-0.3, -0.25) is 19.6 Å². The predicted octanol–water partition coefficient (Wildman–Crippen LogP) is 3.47. The van der Waals surface area contributed by atoms with Gasteiger partial charge in [-0.25, -0.2) is 4.79 Å². The summed E-state index contributed by atoms with van der Waals surface area (Å²) >= 11 is 0. The number of ether oxygens (including phenoxy) is 1. The largest absolute Gasteiger partial charge is 0.480 e. The molecule has 1 fully saturated rings. The highest BCUT2D eigenvalue weighted by Crippen LogP contribution is 2.44. The number of nitrogens with zero attached hydrogens (tertiary/aromatic N) is 3. The van der Waals surface area contributed by atoms with Gasteiger partial charge in [-0.2, -0.15) is 5.10 Å². The third-order valence-electron chi connectivity index (χ3n) is 6.23. The summed E-state index contributed by atoms with van der Waals surface area (Å²) in [5.41, 5.74) is 4.70. The van der Waals surface area contributed by atoms with E-state index in [9.17, 15) is 14.4 Å². The summed E-state index contributed by atoms with van der Waals surface area (Å²) in [7, 11) is 1.57. The van der Waals surface area contributed by atoms with Crippen molar-refractivity contribution in [1.82, 2.24) is 14.7 Å². The number of aromatic nitrogens is 2. The van der Waals surface area contributed by atoms with Crippen LogP contribution >= 0.6 is 0 Å². The number of benzene rings is 2. The number of fused-ring (bicyclic) bond motifs is 3. The van der Waals surface area contributed by atoms with Crippen molar-refractivity contribution < 1.29 is 24.2 Å². The Kier molecular flexibility index (Phi) is 5.53. The van der Waals surface area contributed by atoms with E-state index in [2.05, 4.69) is 22.5 Å². The zero-order chi connectivity index (χ0) is 23.8. The lowest BCUT2D eigenvalue weighted by Crippen LogP contribution is -2.38. The van der Waals surface area contributed by atoms with Crippen LogP contribution in [-0.4, -0.2) is 57.0 Å². The zero-order valence-corrected chi connectivity index (χ0v) is 18.6. The minimum atomic E-state index is -1.07. The van der Waals surface area contributed by atoms with Crippen LogP contribution < -0.4 is 5.32 Å². The van der Waals surface area contributed by atoms with Gasteiger partial charge in [0.15, 0.2) is 5.82 Å². The highest BCUT2D eigenvalue weighted by molar-refractivity contribution is 5.96. The van der Waals surface area contributed by atoms with Gasteiger partial charge >= 0.3 is 12.1 Å². The second kappa shape index (κ2) is 8.66. The number of aryl methyl sites for hydroxylation is 1. The molecule has 1 saturated carbocycles. The molecule has 0 aliphatic heterocycles. The molecule has 0 bridgehead atoms. The first kappa shape index (κ1) is 21.7.